The molecule has 6 nitrogen and oxygen atoms in total. The van der Waals surface area contributed by atoms with Crippen molar-refractivity contribution in [2.75, 3.05) is 11.9 Å². The van der Waals surface area contributed by atoms with Crippen LogP contribution in [0.4, 0.5) is 5.69 Å². The van der Waals surface area contributed by atoms with Gasteiger partial charge in [0.25, 0.3) is 0 Å². The summed E-state index contributed by atoms with van der Waals surface area (Å²) in [6.07, 6.45) is 7.59. The van der Waals surface area contributed by atoms with E-state index in [-0.39, 0.29) is 12.3 Å². The fraction of sp³-hybridized carbons (Fsp3) is 0.306. The van der Waals surface area contributed by atoms with E-state index in [1.54, 1.807) is 19.9 Å². The van der Waals surface area contributed by atoms with Crippen LogP contribution < -0.4 is 10.1 Å². The number of amides is 1. The van der Waals surface area contributed by atoms with Crippen LogP contribution in [0.3, 0.4) is 0 Å². The Morgan fingerprint density at radius 1 is 0.905 bits per heavy atom. The van der Waals surface area contributed by atoms with Crippen LogP contribution in [-0.4, -0.2) is 28.6 Å². The number of benzene rings is 3. The van der Waals surface area contributed by atoms with Gasteiger partial charge in [0.2, 0.25) is 5.91 Å². The highest BCUT2D eigenvalue weighted by molar-refractivity contribution is 5.94. The summed E-state index contributed by atoms with van der Waals surface area (Å²) in [6, 6.07) is 26.2. The lowest BCUT2D eigenvalue weighted by Crippen LogP contribution is -2.34. The smallest absolute Gasteiger partial charge is 0.310 e. The van der Waals surface area contributed by atoms with Crippen molar-refractivity contribution < 1.29 is 19.4 Å². The van der Waals surface area contributed by atoms with Gasteiger partial charge in [-0.1, -0.05) is 69.3 Å². The molecular formula is C36H40N2O4. The third kappa shape index (κ3) is 8.06. The molecule has 4 aromatic rings. The quantitative estimate of drug-likeness (QED) is 0.151. The van der Waals surface area contributed by atoms with Gasteiger partial charge in [-0.3, -0.25) is 9.59 Å². The summed E-state index contributed by atoms with van der Waals surface area (Å²) in [5, 5.41) is 13.5. The van der Waals surface area contributed by atoms with Gasteiger partial charge in [0.15, 0.2) is 0 Å². The zero-order chi connectivity index (χ0) is 30.0. The predicted molar refractivity (Wildman–Crippen MR) is 171 cm³/mol. The largest absolute Gasteiger partial charge is 0.494 e. The van der Waals surface area contributed by atoms with Gasteiger partial charge in [-0.05, 0) is 85.2 Å². The van der Waals surface area contributed by atoms with Crippen LogP contribution in [0.2, 0.25) is 0 Å². The number of carbonyl (C=O) groups is 2. The monoisotopic (exact) mass is 564 g/mol. The van der Waals surface area contributed by atoms with Crippen molar-refractivity contribution in [2.24, 2.45) is 5.41 Å². The summed E-state index contributed by atoms with van der Waals surface area (Å²) in [5.41, 5.74) is 4.83. The van der Waals surface area contributed by atoms with Crippen LogP contribution in [0.25, 0.3) is 23.1 Å². The van der Waals surface area contributed by atoms with Crippen LogP contribution in [0.15, 0.2) is 78.9 Å². The molecule has 42 heavy (non-hydrogen) atoms. The van der Waals surface area contributed by atoms with E-state index >= 15 is 0 Å². The molecule has 0 spiro atoms. The van der Waals surface area contributed by atoms with Gasteiger partial charge in [-0.15, -0.1) is 0 Å². The molecule has 218 valence electrons. The fourth-order valence-corrected chi connectivity index (χ4v) is 5.00. The number of aromatic nitrogens is 1. The number of nitrogens with one attached hydrogen (secondary N) is 1. The van der Waals surface area contributed by atoms with Crippen LogP contribution in [-0.2, 0) is 22.4 Å². The number of nitrogens with zero attached hydrogens (tertiary/aromatic N) is 1. The molecule has 0 fully saturated rings. The SMILES string of the molecule is CCc1ccc(CCCOc2ccc3ccc(/C=C/c4cccc(NC(=O)CC(CC)(CC)C(=O)O)c4)nc3c2)cc1. The Labute approximate surface area is 248 Å². The number of carboxylic acids is 1. The summed E-state index contributed by atoms with van der Waals surface area (Å²) in [6.45, 7) is 6.42. The molecular weight excluding hydrogens is 524 g/mol. The number of ether oxygens (including phenoxy) is 1. The third-order valence-electron chi connectivity index (χ3n) is 7.92. The molecule has 0 saturated carbocycles. The maximum atomic E-state index is 12.6. The van der Waals surface area contributed by atoms with Crippen molar-refractivity contribution >= 4 is 40.6 Å². The molecule has 0 unspecified atom stereocenters. The highest BCUT2D eigenvalue weighted by atomic mass is 16.5. The maximum absolute atomic E-state index is 12.6. The van der Waals surface area contributed by atoms with Gasteiger partial charge >= 0.3 is 5.97 Å². The van der Waals surface area contributed by atoms with Crippen LogP contribution >= 0.6 is 0 Å². The Morgan fingerprint density at radius 3 is 2.36 bits per heavy atom. The van der Waals surface area contributed by atoms with Crippen molar-refractivity contribution in [2.45, 2.75) is 59.3 Å². The van der Waals surface area contributed by atoms with E-state index in [9.17, 15) is 14.7 Å². The summed E-state index contributed by atoms with van der Waals surface area (Å²) in [4.78, 5) is 29.2. The number of fused-ring (bicyclic) bond motifs is 1. The number of hydrogen-bond donors (Lipinski definition) is 2. The van der Waals surface area contributed by atoms with E-state index in [1.165, 1.54) is 11.1 Å². The van der Waals surface area contributed by atoms with E-state index in [1.807, 2.05) is 60.7 Å². The second-order valence-electron chi connectivity index (χ2n) is 10.7. The summed E-state index contributed by atoms with van der Waals surface area (Å²) < 4.78 is 6.03. The molecule has 0 radical (unpaired) electrons. The molecule has 0 aliphatic rings. The maximum Gasteiger partial charge on any atom is 0.310 e. The van der Waals surface area contributed by atoms with Gasteiger partial charge in [0, 0.05) is 23.6 Å². The molecule has 6 heteroatoms. The second kappa shape index (κ2) is 14.4. The van der Waals surface area contributed by atoms with E-state index in [0.29, 0.717) is 25.1 Å². The van der Waals surface area contributed by atoms with E-state index in [0.717, 1.165) is 47.2 Å². The lowest BCUT2D eigenvalue weighted by molar-refractivity contribution is -0.151. The molecule has 1 heterocycles. The Morgan fingerprint density at radius 2 is 1.64 bits per heavy atom. The molecule has 4 rings (SSSR count). The standard InChI is InChI=1S/C36H40N2O4/c1-4-26-12-14-27(15-13-26)10-8-22-42-32-21-18-29-17-20-30(37-33(29)24-32)19-16-28-9-7-11-31(23-28)38-34(39)25-36(5-2,6-3)35(40)41/h7,9,11-21,23-24H,4-6,8,10,22,25H2,1-3H3,(H,38,39)(H,40,41)/b19-16+. The van der Waals surface area contributed by atoms with Crippen LogP contribution in [0.1, 0.15) is 68.8 Å². The summed E-state index contributed by atoms with van der Waals surface area (Å²) in [7, 11) is 0. The minimum Gasteiger partial charge on any atom is -0.494 e. The topological polar surface area (TPSA) is 88.5 Å². The van der Waals surface area contributed by atoms with Gasteiger partial charge < -0.3 is 15.2 Å². The van der Waals surface area contributed by atoms with Gasteiger partial charge in [0.05, 0.1) is 23.2 Å². The molecule has 3 aromatic carbocycles. The molecule has 2 N–H and O–H groups in total. The first-order chi connectivity index (χ1) is 20.3. The van der Waals surface area contributed by atoms with Crippen LogP contribution in [0.5, 0.6) is 5.75 Å². The zero-order valence-electron chi connectivity index (χ0n) is 24.7. The minimum absolute atomic E-state index is 0.0606. The average Bonchev–Trinajstić information content (AvgIpc) is 3.01. The number of aliphatic carboxylic acids is 1. The van der Waals surface area contributed by atoms with Crippen molar-refractivity contribution in [1.29, 1.82) is 0 Å². The van der Waals surface area contributed by atoms with Crippen molar-refractivity contribution in [3.63, 3.8) is 0 Å². The molecule has 0 atom stereocenters. The van der Waals surface area contributed by atoms with Gasteiger partial charge in [0.1, 0.15) is 5.75 Å². The molecule has 0 aliphatic heterocycles. The molecule has 0 bridgehead atoms. The van der Waals surface area contributed by atoms with Crippen LogP contribution in [0, 0.1) is 5.41 Å². The molecule has 0 aliphatic carbocycles. The van der Waals surface area contributed by atoms with E-state index in [2.05, 4.69) is 36.5 Å². The molecule has 0 saturated heterocycles. The summed E-state index contributed by atoms with van der Waals surface area (Å²) in [5.74, 6) is -0.435. The first kappa shape index (κ1) is 30.5. The first-order valence-electron chi connectivity index (χ1n) is 14.8. The Kier molecular flexibility index (Phi) is 10.5. The van der Waals surface area contributed by atoms with Crippen molar-refractivity contribution in [3.05, 3.63) is 101 Å². The fourth-order valence-electron chi connectivity index (χ4n) is 5.00. The number of pyridine rings is 1. The molecule has 1 aromatic heterocycles. The lowest BCUT2D eigenvalue weighted by atomic mass is 9.79. The Hall–Kier alpha value is -4.45. The van der Waals surface area contributed by atoms with Gasteiger partial charge in [-0.25, -0.2) is 4.98 Å². The number of carbonyl (C=O) groups excluding carboxylic acids is 1. The first-order valence-corrected chi connectivity index (χ1v) is 14.8. The van der Waals surface area contributed by atoms with E-state index in [4.69, 9.17) is 9.72 Å². The third-order valence-corrected chi connectivity index (χ3v) is 7.92. The number of rotatable bonds is 14. The number of carboxylic acid groups (broad SMARTS) is 1. The lowest BCUT2D eigenvalue weighted by Gasteiger charge is -2.25. The zero-order valence-corrected chi connectivity index (χ0v) is 24.7. The van der Waals surface area contributed by atoms with Crippen molar-refractivity contribution in [1.82, 2.24) is 4.98 Å². The number of aryl methyl sites for hydroxylation is 2. The normalized spacial score (nSPS) is 11.6. The Bertz CT molecular complexity index is 1540. The molecule has 1 amide bonds. The number of anilines is 1. The predicted octanol–water partition coefficient (Wildman–Crippen LogP) is 8.20. The number of hydrogen-bond acceptors (Lipinski definition) is 4. The average molecular weight is 565 g/mol. The van der Waals surface area contributed by atoms with Crippen molar-refractivity contribution in [3.8, 4) is 5.75 Å². The Balaban J connectivity index is 1.36. The second-order valence-corrected chi connectivity index (χ2v) is 10.7. The summed E-state index contributed by atoms with van der Waals surface area (Å²) >= 11 is 0. The minimum atomic E-state index is -1.05. The highest BCUT2D eigenvalue weighted by Crippen LogP contribution is 2.31. The highest BCUT2D eigenvalue weighted by Gasteiger charge is 2.37. The van der Waals surface area contributed by atoms with Gasteiger partial charge in [-0.2, -0.15) is 0 Å². The van der Waals surface area contributed by atoms with E-state index < -0.39 is 11.4 Å².